The van der Waals surface area contributed by atoms with Crippen molar-refractivity contribution in [1.82, 2.24) is 4.57 Å². The predicted octanol–water partition coefficient (Wildman–Crippen LogP) is 6.68. The van der Waals surface area contributed by atoms with Crippen LogP contribution in [0.1, 0.15) is 19.9 Å². The second-order valence-electron chi connectivity index (χ2n) is 6.83. The molecule has 0 amide bonds. The van der Waals surface area contributed by atoms with Gasteiger partial charge in [0, 0.05) is 16.8 Å². The molecule has 4 aromatic carbocycles. The van der Waals surface area contributed by atoms with Crippen LogP contribution in [0.5, 0.6) is 0 Å². The summed E-state index contributed by atoms with van der Waals surface area (Å²) in [6, 6.07) is 26.9. The molecule has 1 aromatic heterocycles. The summed E-state index contributed by atoms with van der Waals surface area (Å²) < 4.78 is 2.48. The molecule has 0 atom stereocenters. The van der Waals surface area contributed by atoms with Crippen molar-refractivity contribution in [3.63, 3.8) is 0 Å². The van der Waals surface area contributed by atoms with E-state index in [1.54, 1.807) is 0 Å². The fourth-order valence-electron chi connectivity index (χ4n) is 4.13. The van der Waals surface area contributed by atoms with Crippen LogP contribution in [-0.2, 0) is 0 Å². The number of nitrogens with zero attached hydrogens (tertiary/aromatic N) is 1. The highest BCUT2D eigenvalue weighted by Crippen LogP contribution is 2.40. The third kappa shape index (κ3) is 1.70. The minimum absolute atomic E-state index is 0.423. The number of fused-ring (bicyclic) bond motifs is 7. The molecule has 1 heterocycles. The molecule has 0 fully saturated rings. The molecule has 0 saturated carbocycles. The van der Waals surface area contributed by atoms with Crippen molar-refractivity contribution < 1.29 is 0 Å². The number of hydrogen-bond donors (Lipinski definition) is 0. The van der Waals surface area contributed by atoms with Crippen LogP contribution in [0, 0.1) is 0 Å². The van der Waals surface area contributed by atoms with Crippen LogP contribution >= 0.6 is 0 Å². The van der Waals surface area contributed by atoms with Crippen molar-refractivity contribution >= 4 is 43.4 Å². The van der Waals surface area contributed by atoms with Gasteiger partial charge in [-0.05, 0) is 47.5 Å². The zero-order valence-electron chi connectivity index (χ0n) is 14.0. The highest BCUT2D eigenvalue weighted by atomic mass is 15.0. The summed E-state index contributed by atoms with van der Waals surface area (Å²) in [5.41, 5.74) is 2.66. The van der Waals surface area contributed by atoms with E-state index in [1.165, 1.54) is 43.4 Å². The van der Waals surface area contributed by atoms with Crippen LogP contribution in [0.2, 0.25) is 0 Å². The zero-order valence-corrected chi connectivity index (χ0v) is 14.0. The quantitative estimate of drug-likeness (QED) is 0.325. The molecule has 0 bridgehead atoms. The number of rotatable bonds is 1. The van der Waals surface area contributed by atoms with Gasteiger partial charge in [-0.25, -0.2) is 0 Å². The Morgan fingerprint density at radius 3 is 1.50 bits per heavy atom. The first-order valence-corrected chi connectivity index (χ1v) is 8.59. The lowest BCUT2D eigenvalue weighted by Crippen LogP contribution is -1.99. The fourth-order valence-corrected chi connectivity index (χ4v) is 4.13. The summed E-state index contributed by atoms with van der Waals surface area (Å²) >= 11 is 0. The number of aromatic nitrogens is 1. The summed E-state index contributed by atoms with van der Waals surface area (Å²) in [5, 5.41) is 8.06. The van der Waals surface area contributed by atoms with Crippen LogP contribution in [0.4, 0.5) is 0 Å². The molecule has 5 rings (SSSR count). The molecule has 1 nitrogen and oxygen atoms in total. The van der Waals surface area contributed by atoms with Crippen LogP contribution in [0.25, 0.3) is 43.4 Å². The van der Waals surface area contributed by atoms with Gasteiger partial charge in [0.15, 0.2) is 0 Å². The average Bonchev–Trinajstić information content (AvgIpc) is 2.97. The standard InChI is InChI=1S/C23H19N/c1-15(2)24-20-13-11-16-7-3-5-9-18(16)22(20)23-19-10-6-4-8-17(19)12-14-21(23)24/h3-15H,1-2H3. The van der Waals surface area contributed by atoms with E-state index in [0.29, 0.717) is 6.04 Å². The Bertz CT molecular complexity index is 1130. The Kier molecular flexibility index (Phi) is 2.75. The van der Waals surface area contributed by atoms with Crippen LogP contribution in [0.15, 0.2) is 72.8 Å². The van der Waals surface area contributed by atoms with E-state index < -0.39 is 0 Å². The topological polar surface area (TPSA) is 4.93 Å². The summed E-state index contributed by atoms with van der Waals surface area (Å²) in [5.74, 6) is 0. The van der Waals surface area contributed by atoms with Gasteiger partial charge in [0.25, 0.3) is 0 Å². The third-order valence-corrected chi connectivity index (χ3v) is 5.10. The Hall–Kier alpha value is -2.80. The lowest BCUT2D eigenvalue weighted by Gasteiger charge is -2.12. The first-order valence-electron chi connectivity index (χ1n) is 8.59. The van der Waals surface area contributed by atoms with Gasteiger partial charge >= 0.3 is 0 Å². The molecule has 0 aliphatic heterocycles. The molecular weight excluding hydrogens is 290 g/mol. The SMILES string of the molecule is CC(C)n1c2ccc3ccccc3c2c2c3ccccc3ccc21. The Morgan fingerprint density at radius 2 is 1.04 bits per heavy atom. The van der Waals surface area contributed by atoms with Gasteiger partial charge in [-0.2, -0.15) is 0 Å². The van der Waals surface area contributed by atoms with Gasteiger partial charge in [-0.3, -0.25) is 0 Å². The van der Waals surface area contributed by atoms with Crippen LogP contribution in [-0.4, -0.2) is 4.57 Å². The molecule has 5 aromatic rings. The average molecular weight is 309 g/mol. The van der Waals surface area contributed by atoms with Crippen molar-refractivity contribution in [1.29, 1.82) is 0 Å². The van der Waals surface area contributed by atoms with Crippen LogP contribution < -0.4 is 0 Å². The lowest BCUT2D eigenvalue weighted by molar-refractivity contribution is 0.642. The molecule has 24 heavy (non-hydrogen) atoms. The number of benzene rings is 4. The van der Waals surface area contributed by atoms with E-state index in [9.17, 15) is 0 Å². The summed E-state index contributed by atoms with van der Waals surface area (Å²) in [7, 11) is 0. The predicted molar refractivity (Wildman–Crippen MR) is 105 cm³/mol. The maximum absolute atomic E-state index is 2.48. The molecular formula is C23H19N. The van der Waals surface area contributed by atoms with E-state index in [4.69, 9.17) is 0 Å². The highest BCUT2D eigenvalue weighted by molar-refractivity contribution is 6.28. The molecule has 0 saturated heterocycles. The smallest absolute Gasteiger partial charge is 0.0500 e. The van der Waals surface area contributed by atoms with Crippen molar-refractivity contribution in [2.24, 2.45) is 0 Å². The molecule has 0 N–H and O–H groups in total. The summed E-state index contributed by atoms with van der Waals surface area (Å²) in [6.45, 7) is 4.53. The normalized spacial score (nSPS) is 12.1. The highest BCUT2D eigenvalue weighted by Gasteiger charge is 2.16. The van der Waals surface area contributed by atoms with Crippen LogP contribution in [0.3, 0.4) is 0 Å². The molecule has 0 aliphatic carbocycles. The minimum Gasteiger partial charge on any atom is -0.338 e. The van der Waals surface area contributed by atoms with Gasteiger partial charge in [0.1, 0.15) is 0 Å². The number of hydrogen-bond acceptors (Lipinski definition) is 0. The van der Waals surface area contributed by atoms with Gasteiger partial charge in [0.2, 0.25) is 0 Å². The first-order chi connectivity index (χ1) is 11.8. The van der Waals surface area contributed by atoms with Crippen molar-refractivity contribution in [2.75, 3.05) is 0 Å². The summed E-state index contributed by atoms with van der Waals surface area (Å²) in [4.78, 5) is 0. The second-order valence-corrected chi connectivity index (χ2v) is 6.83. The third-order valence-electron chi connectivity index (χ3n) is 5.10. The molecule has 116 valence electrons. The van der Waals surface area contributed by atoms with E-state index in [1.807, 2.05) is 0 Å². The maximum atomic E-state index is 2.48. The Labute approximate surface area is 141 Å². The monoisotopic (exact) mass is 309 g/mol. The van der Waals surface area contributed by atoms with E-state index in [0.717, 1.165) is 0 Å². The Balaban J connectivity index is 2.18. The molecule has 1 heteroatoms. The second kappa shape index (κ2) is 4.85. The van der Waals surface area contributed by atoms with Gasteiger partial charge in [-0.15, -0.1) is 0 Å². The zero-order chi connectivity index (χ0) is 16.3. The first kappa shape index (κ1) is 13.6. The van der Waals surface area contributed by atoms with E-state index >= 15 is 0 Å². The van der Waals surface area contributed by atoms with E-state index in [-0.39, 0.29) is 0 Å². The Morgan fingerprint density at radius 1 is 0.583 bits per heavy atom. The summed E-state index contributed by atoms with van der Waals surface area (Å²) in [6.07, 6.45) is 0. The maximum Gasteiger partial charge on any atom is 0.0500 e. The molecule has 0 unspecified atom stereocenters. The van der Waals surface area contributed by atoms with E-state index in [2.05, 4.69) is 91.2 Å². The van der Waals surface area contributed by atoms with Gasteiger partial charge < -0.3 is 4.57 Å². The lowest BCUT2D eigenvalue weighted by atomic mass is 10.00. The molecule has 0 radical (unpaired) electrons. The van der Waals surface area contributed by atoms with Gasteiger partial charge in [-0.1, -0.05) is 60.7 Å². The molecule has 0 spiro atoms. The largest absolute Gasteiger partial charge is 0.338 e. The van der Waals surface area contributed by atoms with Crippen molar-refractivity contribution in [2.45, 2.75) is 19.9 Å². The minimum atomic E-state index is 0.423. The van der Waals surface area contributed by atoms with Crippen molar-refractivity contribution in [3.05, 3.63) is 72.8 Å². The van der Waals surface area contributed by atoms with Gasteiger partial charge in [0.05, 0.1) is 11.0 Å². The van der Waals surface area contributed by atoms with Crippen molar-refractivity contribution in [3.8, 4) is 0 Å². The molecule has 0 aliphatic rings. The fraction of sp³-hybridized carbons (Fsp3) is 0.130.